The van der Waals surface area contributed by atoms with Gasteiger partial charge in [0.15, 0.2) is 0 Å². The fraction of sp³-hybridized carbons (Fsp3) is 0.391. The van der Waals surface area contributed by atoms with Crippen molar-refractivity contribution in [3.63, 3.8) is 0 Å². The van der Waals surface area contributed by atoms with E-state index in [-0.39, 0.29) is 31.0 Å². The molecule has 0 aromatic heterocycles. The normalized spacial score (nSPS) is 16.6. The summed E-state index contributed by atoms with van der Waals surface area (Å²) in [7, 11) is 0. The van der Waals surface area contributed by atoms with Gasteiger partial charge in [-0.2, -0.15) is 0 Å². The predicted molar refractivity (Wildman–Crippen MR) is 116 cm³/mol. The minimum Gasteiger partial charge on any atom is -0.374 e. The molecule has 3 N–H and O–H groups in total. The molecule has 1 heterocycles. The predicted octanol–water partition coefficient (Wildman–Crippen LogP) is 1.89. The Morgan fingerprint density at radius 3 is 2.37 bits per heavy atom. The number of amides is 3. The van der Waals surface area contributed by atoms with Crippen molar-refractivity contribution in [1.82, 2.24) is 20.9 Å². The number of nitrogens with zero attached hydrogens (tertiary/aromatic N) is 1. The summed E-state index contributed by atoms with van der Waals surface area (Å²) in [5, 5.41) is 8.39. The van der Waals surface area contributed by atoms with Gasteiger partial charge in [-0.05, 0) is 11.1 Å². The van der Waals surface area contributed by atoms with E-state index in [0.29, 0.717) is 19.7 Å². The van der Waals surface area contributed by atoms with Crippen LogP contribution in [0.2, 0.25) is 0 Å². The first-order chi connectivity index (χ1) is 14.7. The molecule has 0 radical (unpaired) electrons. The van der Waals surface area contributed by atoms with Gasteiger partial charge < -0.3 is 20.7 Å². The highest BCUT2D eigenvalue weighted by Gasteiger charge is 2.21. The number of nitrogens with one attached hydrogen (secondary N) is 3. The fourth-order valence-electron chi connectivity index (χ4n) is 3.34. The Balaban J connectivity index is 1.27. The Morgan fingerprint density at radius 2 is 1.63 bits per heavy atom. The SMILES string of the molecule is O=C(CCNC(=O)NCc1ccccc1)NCC1CN(Cc2ccccc2)CCO1. The van der Waals surface area contributed by atoms with Crippen LogP contribution in [0.1, 0.15) is 17.5 Å². The van der Waals surface area contributed by atoms with Crippen LogP contribution in [0.3, 0.4) is 0 Å². The number of carbonyl (C=O) groups excluding carboxylic acids is 2. The smallest absolute Gasteiger partial charge is 0.315 e. The van der Waals surface area contributed by atoms with Crippen molar-refractivity contribution in [2.24, 2.45) is 0 Å². The van der Waals surface area contributed by atoms with Crippen LogP contribution < -0.4 is 16.0 Å². The maximum atomic E-state index is 12.1. The quantitative estimate of drug-likeness (QED) is 0.590. The Hall–Kier alpha value is -2.90. The molecule has 7 heteroatoms. The molecule has 0 saturated carbocycles. The third kappa shape index (κ3) is 7.85. The van der Waals surface area contributed by atoms with Crippen molar-refractivity contribution in [1.29, 1.82) is 0 Å². The van der Waals surface area contributed by atoms with E-state index in [2.05, 4.69) is 33.0 Å². The second-order valence-electron chi connectivity index (χ2n) is 7.36. The van der Waals surface area contributed by atoms with Crippen LogP contribution in [0.25, 0.3) is 0 Å². The molecule has 7 nitrogen and oxygen atoms in total. The molecule has 1 aliphatic rings. The minimum absolute atomic E-state index is 0.0199. The first kappa shape index (κ1) is 21.8. The maximum absolute atomic E-state index is 12.1. The standard InChI is InChI=1S/C23H30N4O3/c28-22(11-12-24-23(29)26-15-19-7-3-1-4-8-19)25-16-21-18-27(13-14-30-21)17-20-9-5-2-6-10-20/h1-10,21H,11-18H2,(H,25,28)(H2,24,26,29). The highest BCUT2D eigenvalue weighted by Crippen LogP contribution is 2.10. The molecule has 1 aliphatic heterocycles. The van der Waals surface area contributed by atoms with Gasteiger partial charge in [-0.15, -0.1) is 0 Å². The van der Waals surface area contributed by atoms with Crippen molar-refractivity contribution >= 4 is 11.9 Å². The van der Waals surface area contributed by atoms with Gasteiger partial charge in [0.05, 0.1) is 12.7 Å². The zero-order valence-electron chi connectivity index (χ0n) is 17.2. The van der Waals surface area contributed by atoms with E-state index < -0.39 is 0 Å². The van der Waals surface area contributed by atoms with E-state index in [1.54, 1.807) is 0 Å². The summed E-state index contributed by atoms with van der Waals surface area (Å²) < 4.78 is 5.78. The van der Waals surface area contributed by atoms with Crippen LogP contribution in [0, 0.1) is 0 Å². The van der Waals surface area contributed by atoms with E-state index in [9.17, 15) is 9.59 Å². The largest absolute Gasteiger partial charge is 0.374 e. The number of hydrogen-bond acceptors (Lipinski definition) is 4. The average molecular weight is 411 g/mol. The number of benzene rings is 2. The molecule has 2 aromatic carbocycles. The Kier molecular flexibility index (Phi) is 8.68. The summed E-state index contributed by atoms with van der Waals surface area (Å²) in [5.41, 5.74) is 2.30. The Labute approximate surface area is 177 Å². The summed E-state index contributed by atoms with van der Waals surface area (Å²) in [4.78, 5) is 26.2. The lowest BCUT2D eigenvalue weighted by Gasteiger charge is -2.33. The van der Waals surface area contributed by atoms with Crippen LogP contribution in [-0.2, 0) is 22.6 Å². The molecule has 0 spiro atoms. The Bertz CT molecular complexity index is 786. The molecule has 0 bridgehead atoms. The van der Waals surface area contributed by atoms with Gasteiger partial charge in [0.25, 0.3) is 0 Å². The molecule has 2 aromatic rings. The molecule has 3 amide bonds. The third-order valence-electron chi connectivity index (χ3n) is 4.93. The highest BCUT2D eigenvalue weighted by atomic mass is 16.5. The van der Waals surface area contributed by atoms with Crippen LogP contribution >= 0.6 is 0 Å². The molecule has 160 valence electrons. The van der Waals surface area contributed by atoms with Gasteiger partial charge in [0.1, 0.15) is 0 Å². The minimum atomic E-state index is -0.279. The molecule has 3 rings (SSSR count). The third-order valence-corrected chi connectivity index (χ3v) is 4.93. The van der Waals surface area contributed by atoms with E-state index >= 15 is 0 Å². The number of rotatable bonds is 9. The molecular weight excluding hydrogens is 380 g/mol. The summed E-state index contributed by atoms with van der Waals surface area (Å²) in [6.07, 6.45) is 0.215. The molecule has 1 unspecified atom stereocenters. The molecule has 1 saturated heterocycles. The Morgan fingerprint density at radius 1 is 0.933 bits per heavy atom. The van der Waals surface area contributed by atoms with E-state index in [1.165, 1.54) is 5.56 Å². The van der Waals surface area contributed by atoms with Crippen LogP contribution in [0.4, 0.5) is 4.79 Å². The highest BCUT2D eigenvalue weighted by molar-refractivity contribution is 5.78. The zero-order chi connectivity index (χ0) is 21.0. The van der Waals surface area contributed by atoms with E-state index in [4.69, 9.17) is 4.74 Å². The van der Waals surface area contributed by atoms with E-state index in [1.807, 2.05) is 48.5 Å². The van der Waals surface area contributed by atoms with Crippen molar-refractivity contribution in [2.45, 2.75) is 25.6 Å². The zero-order valence-corrected chi connectivity index (χ0v) is 17.2. The number of hydrogen-bond donors (Lipinski definition) is 3. The molecular formula is C23H30N4O3. The first-order valence-electron chi connectivity index (χ1n) is 10.4. The van der Waals surface area contributed by atoms with Crippen molar-refractivity contribution in [3.8, 4) is 0 Å². The van der Waals surface area contributed by atoms with Gasteiger partial charge in [-0.1, -0.05) is 60.7 Å². The monoisotopic (exact) mass is 410 g/mol. The average Bonchev–Trinajstić information content (AvgIpc) is 2.78. The van der Waals surface area contributed by atoms with Crippen LogP contribution in [0.5, 0.6) is 0 Å². The number of ether oxygens (including phenoxy) is 1. The first-order valence-corrected chi connectivity index (χ1v) is 10.4. The summed E-state index contributed by atoms with van der Waals surface area (Å²) in [6.45, 7) is 4.45. The maximum Gasteiger partial charge on any atom is 0.315 e. The van der Waals surface area contributed by atoms with Crippen molar-refractivity contribution in [2.75, 3.05) is 32.8 Å². The van der Waals surface area contributed by atoms with Crippen LogP contribution in [0.15, 0.2) is 60.7 Å². The summed E-state index contributed by atoms with van der Waals surface area (Å²) >= 11 is 0. The second kappa shape index (κ2) is 11.9. The van der Waals surface area contributed by atoms with Crippen molar-refractivity contribution in [3.05, 3.63) is 71.8 Å². The second-order valence-corrected chi connectivity index (χ2v) is 7.36. The van der Waals surface area contributed by atoms with Crippen molar-refractivity contribution < 1.29 is 14.3 Å². The van der Waals surface area contributed by atoms with Crippen LogP contribution in [-0.4, -0.2) is 55.7 Å². The van der Waals surface area contributed by atoms with Gasteiger partial charge in [0.2, 0.25) is 5.91 Å². The molecule has 30 heavy (non-hydrogen) atoms. The lowest BCUT2D eigenvalue weighted by molar-refractivity contribution is -0.122. The summed E-state index contributed by atoms with van der Waals surface area (Å²) in [5.74, 6) is -0.0952. The summed E-state index contributed by atoms with van der Waals surface area (Å²) in [6, 6.07) is 19.7. The van der Waals surface area contributed by atoms with E-state index in [0.717, 1.165) is 25.2 Å². The number of urea groups is 1. The van der Waals surface area contributed by atoms with Gasteiger partial charge in [0, 0.05) is 45.7 Å². The fourth-order valence-corrected chi connectivity index (χ4v) is 3.34. The topological polar surface area (TPSA) is 82.7 Å². The van der Waals surface area contributed by atoms with Gasteiger partial charge >= 0.3 is 6.03 Å². The number of morpholine rings is 1. The lowest BCUT2D eigenvalue weighted by Crippen LogP contribution is -2.47. The molecule has 0 aliphatic carbocycles. The van der Waals surface area contributed by atoms with Gasteiger partial charge in [-0.25, -0.2) is 4.79 Å². The lowest BCUT2D eigenvalue weighted by atomic mass is 10.2. The molecule has 1 atom stereocenters. The molecule has 1 fully saturated rings. The van der Waals surface area contributed by atoms with Gasteiger partial charge in [-0.3, -0.25) is 9.69 Å². The number of carbonyl (C=O) groups is 2.